The van der Waals surface area contributed by atoms with Gasteiger partial charge in [-0.25, -0.2) is 4.39 Å². The fourth-order valence-electron chi connectivity index (χ4n) is 1.31. The molecule has 0 saturated heterocycles. The van der Waals surface area contributed by atoms with Gasteiger partial charge in [-0.05, 0) is 12.1 Å². The Hall–Kier alpha value is -2.24. The molecule has 1 heterocycles. The molecule has 1 aromatic carbocycles. The van der Waals surface area contributed by atoms with Crippen molar-refractivity contribution in [2.75, 3.05) is 5.73 Å². The highest BCUT2D eigenvalue weighted by atomic mass is 19.1. The van der Waals surface area contributed by atoms with Crippen molar-refractivity contribution in [2.24, 2.45) is 4.99 Å². The van der Waals surface area contributed by atoms with E-state index >= 15 is 0 Å². The molecule has 0 saturated carbocycles. The van der Waals surface area contributed by atoms with E-state index < -0.39 is 18.0 Å². The molecule has 0 aromatic heterocycles. The van der Waals surface area contributed by atoms with Gasteiger partial charge in [0.25, 0.3) is 18.0 Å². The molecule has 0 aliphatic carbocycles. The van der Waals surface area contributed by atoms with Crippen LogP contribution in [0, 0.1) is 0 Å². The van der Waals surface area contributed by atoms with Crippen molar-refractivity contribution in [1.29, 1.82) is 0 Å². The number of nitrogens with two attached hydrogens (primary N) is 1. The molecule has 0 fully saturated rings. The van der Waals surface area contributed by atoms with E-state index in [-0.39, 0.29) is 5.84 Å². The van der Waals surface area contributed by atoms with E-state index in [9.17, 15) is 14.0 Å². The number of alkyl halides is 1. The number of carbonyl (C=O) groups is 2. The van der Waals surface area contributed by atoms with Crippen LogP contribution >= 0.6 is 0 Å². The van der Waals surface area contributed by atoms with Crippen LogP contribution in [0.15, 0.2) is 29.3 Å². The van der Waals surface area contributed by atoms with Gasteiger partial charge in [0.1, 0.15) is 5.84 Å². The van der Waals surface area contributed by atoms with Crippen molar-refractivity contribution >= 4 is 23.3 Å². The molecule has 82 valence electrons. The third-order valence-electron chi connectivity index (χ3n) is 2.07. The SMILES string of the molecule is Nc1cccc(C2=NC(=O)C(F)C(=O)N2)c1. The van der Waals surface area contributed by atoms with E-state index in [4.69, 9.17) is 5.73 Å². The van der Waals surface area contributed by atoms with Crippen LogP contribution in [0.1, 0.15) is 5.56 Å². The van der Waals surface area contributed by atoms with Crippen molar-refractivity contribution in [3.63, 3.8) is 0 Å². The van der Waals surface area contributed by atoms with Crippen molar-refractivity contribution in [3.8, 4) is 0 Å². The first-order valence-corrected chi connectivity index (χ1v) is 4.51. The normalized spacial score (nSPS) is 20.3. The van der Waals surface area contributed by atoms with Gasteiger partial charge in [0.15, 0.2) is 0 Å². The number of nitrogens with one attached hydrogen (secondary N) is 1. The Morgan fingerprint density at radius 3 is 2.75 bits per heavy atom. The van der Waals surface area contributed by atoms with Gasteiger partial charge in [0.05, 0.1) is 0 Å². The highest BCUT2D eigenvalue weighted by molar-refractivity contribution is 6.22. The summed E-state index contributed by atoms with van der Waals surface area (Å²) in [4.78, 5) is 25.5. The van der Waals surface area contributed by atoms with Gasteiger partial charge < -0.3 is 11.1 Å². The lowest BCUT2D eigenvalue weighted by Gasteiger charge is -2.15. The number of amidine groups is 1. The molecule has 1 aliphatic heterocycles. The second kappa shape index (κ2) is 3.73. The molecule has 0 spiro atoms. The van der Waals surface area contributed by atoms with Crippen molar-refractivity contribution in [2.45, 2.75) is 6.17 Å². The van der Waals surface area contributed by atoms with Crippen LogP contribution in [-0.2, 0) is 9.59 Å². The summed E-state index contributed by atoms with van der Waals surface area (Å²) in [6.45, 7) is 0. The summed E-state index contributed by atoms with van der Waals surface area (Å²) in [6, 6.07) is 6.44. The Balaban J connectivity index is 2.39. The van der Waals surface area contributed by atoms with Crippen LogP contribution in [0.25, 0.3) is 0 Å². The Kier molecular flexibility index (Phi) is 2.40. The van der Waals surface area contributed by atoms with Crippen LogP contribution in [-0.4, -0.2) is 23.8 Å². The molecule has 0 bridgehead atoms. The standard InChI is InChI=1S/C10H8FN3O2/c11-7-9(15)13-8(14-10(7)16)5-2-1-3-6(12)4-5/h1-4,7H,12H2,(H,13,14,15,16). The van der Waals surface area contributed by atoms with Gasteiger partial charge in [-0.2, -0.15) is 4.99 Å². The van der Waals surface area contributed by atoms with Crippen LogP contribution in [0.4, 0.5) is 10.1 Å². The maximum Gasteiger partial charge on any atom is 0.292 e. The minimum atomic E-state index is -2.22. The summed E-state index contributed by atoms with van der Waals surface area (Å²) in [5.41, 5.74) is 6.46. The molecule has 5 nitrogen and oxygen atoms in total. The van der Waals surface area contributed by atoms with E-state index in [0.29, 0.717) is 11.3 Å². The molecule has 16 heavy (non-hydrogen) atoms. The van der Waals surface area contributed by atoms with Crippen molar-refractivity contribution in [3.05, 3.63) is 29.8 Å². The number of nitrogens with zero attached hydrogens (tertiary/aromatic N) is 1. The van der Waals surface area contributed by atoms with Gasteiger partial charge in [-0.1, -0.05) is 12.1 Å². The quantitative estimate of drug-likeness (QED) is 0.517. The second-order valence-corrected chi connectivity index (χ2v) is 3.28. The number of amides is 2. The number of hydrogen-bond acceptors (Lipinski definition) is 3. The number of carbonyl (C=O) groups excluding carboxylic acids is 2. The van der Waals surface area contributed by atoms with Crippen LogP contribution in [0.2, 0.25) is 0 Å². The molecule has 6 heteroatoms. The predicted molar refractivity (Wildman–Crippen MR) is 55.4 cm³/mol. The lowest BCUT2D eigenvalue weighted by Crippen LogP contribution is -2.45. The summed E-state index contributed by atoms with van der Waals surface area (Å²) in [6.07, 6.45) is -2.22. The summed E-state index contributed by atoms with van der Waals surface area (Å²) >= 11 is 0. The molecule has 1 aromatic rings. The van der Waals surface area contributed by atoms with E-state index in [1.807, 2.05) is 0 Å². The largest absolute Gasteiger partial charge is 0.399 e. The second-order valence-electron chi connectivity index (χ2n) is 3.28. The van der Waals surface area contributed by atoms with E-state index in [1.165, 1.54) is 6.07 Å². The highest BCUT2D eigenvalue weighted by Crippen LogP contribution is 2.10. The molecule has 1 unspecified atom stereocenters. The number of benzene rings is 1. The van der Waals surface area contributed by atoms with Gasteiger partial charge in [-0.3, -0.25) is 9.59 Å². The molecule has 2 amide bonds. The fourth-order valence-corrected chi connectivity index (χ4v) is 1.31. The number of halogens is 1. The topological polar surface area (TPSA) is 84.5 Å². The lowest BCUT2D eigenvalue weighted by molar-refractivity contribution is -0.134. The van der Waals surface area contributed by atoms with Crippen molar-refractivity contribution < 1.29 is 14.0 Å². The van der Waals surface area contributed by atoms with Gasteiger partial charge in [0, 0.05) is 11.3 Å². The molecule has 1 aliphatic rings. The monoisotopic (exact) mass is 221 g/mol. The highest BCUT2D eigenvalue weighted by Gasteiger charge is 2.31. The van der Waals surface area contributed by atoms with Crippen LogP contribution in [0.5, 0.6) is 0 Å². The number of nitrogen functional groups attached to an aromatic ring is 1. The molecule has 0 radical (unpaired) electrons. The zero-order valence-corrected chi connectivity index (χ0v) is 8.11. The number of rotatable bonds is 1. The van der Waals surface area contributed by atoms with Gasteiger partial charge in [0.2, 0.25) is 0 Å². The smallest absolute Gasteiger partial charge is 0.292 e. The first kappa shape index (κ1) is 10.3. The molecule has 3 N–H and O–H groups in total. The van der Waals surface area contributed by atoms with Crippen molar-refractivity contribution in [1.82, 2.24) is 5.32 Å². The van der Waals surface area contributed by atoms with E-state index in [0.717, 1.165) is 0 Å². The molecular formula is C10H8FN3O2. The predicted octanol–water partition coefficient (Wildman–Crippen LogP) is 0.00990. The average Bonchev–Trinajstić information content (AvgIpc) is 2.25. The zero-order valence-electron chi connectivity index (χ0n) is 8.11. The number of anilines is 1. The summed E-state index contributed by atoms with van der Waals surface area (Å²) in [5, 5.41) is 2.20. The Morgan fingerprint density at radius 2 is 2.12 bits per heavy atom. The zero-order chi connectivity index (χ0) is 11.7. The Labute approximate surface area is 90.2 Å². The van der Waals surface area contributed by atoms with Gasteiger partial charge in [-0.15, -0.1) is 0 Å². The lowest BCUT2D eigenvalue weighted by atomic mass is 10.1. The van der Waals surface area contributed by atoms with Crippen LogP contribution < -0.4 is 11.1 Å². The van der Waals surface area contributed by atoms with Crippen LogP contribution in [0.3, 0.4) is 0 Å². The van der Waals surface area contributed by atoms with E-state index in [2.05, 4.69) is 10.3 Å². The maximum atomic E-state index is 12.8. The minimum Gasteiger partial charge on any atom is -0.399 e. The summed E-state index contributed by atoms with van der Waals surface area (Å²) in [7, 11) is 0. The first-order valence-electron chi connectivity index (χ1n) is 4.51. The first-order chi connectivity index (χ1) is 7.58. The Bertz CT molecular complexity index is 499. The third kappa shape index (κ3) is 1.77. The maximum absolute atomic E-state index is 12.8. The molecule has 1 atom stereocenters. The molecular weight excluding hydrogens is 213 g/mol. The van der Waals surface area contributed by atoms with E-state index in [1.54, 1.807) is 18.2 Å². The fraction of sp³-hybridized carbons (Fsp3) is 0.100. The minimum absolute atomic E-state index is 0.0243. The molecule has 2 rings (SSSR count). The average molecular weight is 221 g/mol. The Morgan fingerprint density at radius 1 is 1.38 bits per heavy atom. The summed E-state index contributed by atoms with van der Waals surface area (Å²) < 4.78 is 12.8. The number of hydrogen-bond donors (Lipinski definition) is 2. The third-order valence-corrected chi connectivity index (χ3v) is 2.07. The number of aliphatic imine (C=N–C) groups is 1. The summed E-state index contributed by atoms with van der Waals surface area (Å²) in [5.74, 6) is -2.07. The van der Waals surface area contributed by atoms with Gasteiger partial charge >= 0.3 is 0 Å².